The molecule has 2 aromatic rings. The molecule has 1 aromatic carbocycles. The van der Waals surface area contributed by atoms with E-state index in [4.69, 9.17) is 16.3 Å². The third kappa shape index (κ3) is 3.72. The number of methoxy groups -OCH3 is 1. The van der Waals surface area contributed by atoms with Crippen molar-refractivity contribution in [2.75, 3.05) is 13.4 Å². The van der Waals surface area contributed by atoms with Gasteiger partial charge in [-0.1, -0.05) is 29.8 Å². The van der Waals surface area contributed by atoms with Crippen LogP contribution < -0.4 is 0 Å². The number of rotatable bonds is 4. The van der Waals surface area contributed by atoms with Gasteiger partial charge in [0.15, 0.2) is 14.9 Å². The van der Waals surface area contributed by atoms with E-state index in [0.717, 1.165) is 23.0 Å². The molecule has 0 radical (unpaired) electrons. The second-order valence-corrected chi connectivity index (χ2v) is 9.17. The third-order valence-electron chi connectivity index (χ3n) is 4.07. The van der Waals surface area contributed by atoms with Gasteiger partial charge in [0.05, 0.1) is 0 Å². The van der Waals surface area contributed by atoms with Crippen LogP contribution in [0.25, 0.3) is 16.7 Å². The van der Waals surface area contributed by atoms with E-state index in [0.29, 0.717) is 12.0 Å². The minimum atomic E-state index is -3.59. The Kier molecular flexibility index (Phi) is 4.90. The zero-order valence-corrected chi connectivity index (χ0v) is 16.0. The number of halogens is 2. The Morgan fingerprint density at radius 2 is 2.00 bits per heavy atom. The Balaban J connectivity index is 1.99. The van der Waals surface area contributed by atoms with E-state index in [9.17, 15) is 12.8 Å². The fraction of sp³-hybridized carbons (Fsp3) is 0.222. The lowest BCUT2D eigenvalue weighted by Crippen LogP contribution is -2.21. The molecule has 1 atom stereocenters. The maximum atomic E-state index is 14.2. The SMILES string of the molecule is COC1(Cl)C=CC(c2cscc2-c2ccc(S(C)(=O)=O)c(F)c2)=CC1. The Hall–Kier alpha value is -1.47. The summed E-state index contributed by atoms with van der Waals surface area (Å²) in [6.45, 7) is 0. The van der Waals surface area contributed by atoms with Crippen LogP contribution in [0, 0.1) is 5.82 Å². The number of hydrogen-bond acceptors (Lipinski definition) is 4. The van der Waals surface area contributed by atoms with E-state index in [1.807, 2.05) is 22.9 Å². The molecule has 132 valence electrons. The standard InChI is InChI=1S/C18H16ClFO3S2/c1-23-18(19)7-5-12(6-8-18)14-10-24-11-15(14)13-3-4-17(16(20)9-13)25(2,21)22/h3-7,9-11H,8H2,1-2H3. The molecule has 25 heavy (non-hydrogen) atoms. The zero-order chi connectivity index (χ0) is 18.2. The molecule has 0 amide bonds. The monoisotopic (exact) mass is 398 g/mol. The van der Waals surface area contributed by atoms with Gasteiger partial charge in [0, 0.05) is 25.3 Å². The van der Waals surface area contributed by atoms with Crippen molar-refractivity contribution in [3.05, 3.63) is 58.6 Å². The van der Waals surface area contributed by atoms with Crippen molar-refractivity contribution in [2.45, 2.75) is 16.4 Å². The van der Waals surface area contributed by atoms with Gasteiger partial charge >= 0.3 is 0 Å². The second kappa shape index (κ2) is 6.68. The summed E-state index contributed by atoms with van der Waals surface area (Å²) in [7, 11) is -2.04. The first kappa shape index (κ1) is 18.3. The highest BCUT2D eigenvalue weighted by Gasteiger charge is 2.25. The first-order valence-corrected chi connectivity index (χ1v) is 10.6. The van der Waals surface area contributed by atoms with Crippen LogP contribution in [0.3, 0.4) is 0 Å². The largest absolute Gasteiger partial charge is 0.359 e. The van der Waals surface area contributed by atoms with Crippen LogP contribution in [-0.4, -0.2) is 26.8 Å². The van der Waals surface area contributed by atoms with Gasteiger partial charge in [-0.2, -0.15) is 11.3 Å². The molecule has 1 aliphatic rings. The summed E-state index contributed by atoms with van der Waals surface area (Å²) in [4.78, 5) is -0.295. The topological polar surface area (TPSA) is 43.4 Å². The molecule has 0 fully saturated rings. The third-order valence-corrected chi connectivity index (χ3v) is 6.37. The van der Waals surface area contributed by atoms with E-state index in [1.165, 1.54) is 23.5 Å². The van der Waals surface area contributed by atoms with Gasteiger partial charge in [-0.05, 0) is 45.7 Å². The van der Waals surface area contributed by atoms with Crippen LogP contribution in [0.1, 0.15) is 12.0 Å². The van der Waals surface area contributed by atoms with Crippen molar-refractivity contribution >= 4 is 38.3 Å². The second-order valence-electron chi connectivity index (χ2n) is 5.80. The molecule has 3 nitrogen and oxygen atoms in total. The average molecular weight is 399 g/mol. The number of benzene rings is 1. The molecular formula is C18H16ClFO3S2. The van der Waals surface area contributed by atoms with Gasteiger partial charge in [-0.15, -0.1) is 0 Å². The van der Waals surface area contributed by atoms with E-state index >= 15 is 0 Å². The minimum Gasteiger partial charge on any atom is -0.359 e. The van der Waals surface area contributed by atoms with Gasteiger partial charge in [0.2, 0.25) is 0 Å². The molecule has 0 spiro atoms. The highest BCUT2D eigenvalue weighted by molar-refractivity contribution is 7.90. The van der Waals surface area contributed by atoms with Gasteiger partial charge < -0.3 is 4.74 Å². The number of hydrogen-bond donors (Lipinski definition) is 0. The molecule has 0 bridgehead atoms. The fourth-order valence-electron chi connectivity index (χ4n) is 2.66. The lowest BCUT2D eigenvalue weighted by atomic mass is 9.94. The Labute approximate surface area is 155 Å². The van der Waals surface area contributed by atoms with Crippen molar-refractivity contribution in [3.63, 3.8) is 0 Å². The molecule has 0 saturated carbocycles. The first-order valence-electron chi connectivity index (χ1n) is 7.43. The number of thiophene rings is 1. The predicted octanol–water partition coefficient (Wildman–Crippen LogP) is 4.88. The zero-order valence-electron chi connectivity index (χ0n) is 13.6. The smallest absolute Gasteiger partial charge is 0.178 e. The Morgan fingerprint density at radius 3 is 2.56 bits per heavy atom. The molecule has 7 heteroatoms. The molecule has 1 aromatic heterocycles. The van der Waals surface area contributed by atoms with Crippen LogP contribution in [0.2, 0.25) is 0 Å². The van der Waals surface area contributed by atoms with E-state index in [1.54, 1.807) is 19.3 Å². The maximum absolute atomic E-state index is 14.2. The molecule has 3 rings (SSSR count). The number of alkyl halides is 1. The molecule has 1 aliphatic carbocycles. The van der Waals surface area contributed by atoms with Gasteiger partial charge in [-0.25, -0.2) is 12.8 Å². The lowest BCUT2D eigenvalue weighted by Gasteiger charge is -2.24. The van der Waals surface area contributed by atoms with E-state index < -0.39 is 20.7 Å². The van der Waals surface area contributed by atoms with Gasteiger partial charge in [-0.3, -0.25) is 0 Å². The van der Waals surface area contributed by atoms with Crippen LogP contribution in [0.15, 0.2) is 52.1 Å². The summed E-state index contributed by atoms with van der Waals surface area (Å²) in [6, 6.07) is 4.19. The van der Waals surface area contributed by atoms with Crippen LogP contribution in [0.5, 0.6) is 0 Å². The molecule has 0 N–H and O–H groups in total. The van der Waals surface area contributed by atoms with Crippen molar-refractivity contribution < 1.29 is 17.5 Å². The van der Waals surface area contributed by atoms with Crippen LogP contribution in [0.4, 0.5) is 4.39 Å². The first-order chi connectivity index (χ1) is 11.7. The quantitative estimate of drug-likeness (QED) is 0.689. The normalized spacial score (nSPS) is 20.6. The Bertz CT molecular complexity index is 976. The summed E-state index contributed by atoms with van der Waals surface area (Å²) >= 11 is 7.76. The lowest BCUT2D eigenvalue weighted by molar-refractivity contribution is 0.106. The highest BCUT2D eigenvalue weighted by atomic mass is 35.5. The van der Waals surface area contributed by atoms with Crippen LogP contribution >= 0.6 is 22.9 Å². The summed E-state index contributed by atoms with van der Waals surface area (Å²) < 4.78 is 42.6. The van der Waals surface area contributed by atoms with Crippen LogP contribution in [-0.2, 0) is 14.6 Å². The van der Waals surface area contributed by atoms with E-state index in [2.05, 4.69) is 0 Å². The van der Waals surface area contributed by atoms with Gasteiger partial charge in [0.1, 0.15) is 10.7 Å². The molecule has 0 saturated heterocycles. The number of sulfone groups is 1. The summed E-state index contributed by atoms with van der Waals surface area (Å²) in [5.74, 6) is -0.746. The van der Waals surface area contributed by atoms with Crippen molar-refractivity contribution in [2.24, 2.45) is 0 Å². The summed E-state index contributed by atoms with van der Waals surface area (Å²) in [5.41, 5.74) is 3.39. The predicted molar refractivity (Wildman–Crippen MR) is 100 cm³/mol. The molecular weight excluding hydrogens is 383 g/mol. The van der Waals surface area contributed by atoms with Crippen molar-refractivity contribution in [1.82, 2.24) is 0 Å². The maximum Gasteiger partial charge on any atom is 0.178 e. The number of allylic oxidation sites excluding steroid dienone is 2. The average Bonchev–Trinajstić information content (AvgIpc) is 3.04. The summed E-state index contributed by atoms with van der Waals surface area (Å²) in [6.07, 6.45) is 7.16. The highest BCUT2D eigenvalue weighted by Crippen LogP contribution is 2.38. The molecule has 0 aliphatic heterocycles. The molecule has 1 heterocycles. The summed E-state index contributed by atoms with van der Waals surface area (Å²) in [5, 5.41) is 3.06. The minimum absolute atomic E-state index is 0.295. The molecule has 1 unspecified atom stereocenters. The van der Waals surface area contributed by atoms with Crippen molar-refractivity contribution in [3.8, 4) is 11.1 Å². The van der Waals surface area contributed by atoms with E-state index in [-0.39, 0.29) is 4.90 Å². The Morgan fingerprint density at radius 1 is 1.28 bits per heavy atom. The fourth-order valence-corrected chi connectivity index (χ4v) is 4.40. The van der Waals surface area contributed by atoms with Gasteiger partial charge in [0.25, 0.3) is 0 Å². The number of ether oxygens (including phenoxy) is 1. The van der Waals surface area contributed by atoms with Crippen molar-refractivity contribution in [1.29, 1.82) is 0 Å².